The summed E-state index contributed by atoms with van der Waals surface area (Å²) in [5.41, 5.74) is 1.33. The summed E-state index contributed by atoms with van der Waals surface area (Å²) in [6.45, 7) is 7.98. The molecule has 0 saturated heterocycles. The smallest absolute Gasteiger partial charge is 0.137 e. The summed E-state index contributed by atoms with van der Waals surface area (Å²) in [6, 6.07) is 8.24. The monoisotopic (exact) mass is 286 g/mol. The van der Waals surface area contributed by atoms with Gasteiger partial charge in [-0.1, -0.05) is 69.0 Å². The zero-order valence-corrected chi connectivity index (χ0v) is 13.0. The maximum Gasteiger partial charge on any atom is 0.137 e. The zero-order chi connectivity index (χ0) is 14.6. The van der Waals surface area contributed by atoms with E-state index in [9.17, 15) is 0 Å². The van der Waals surface area contributed by atoms with E-state index in [1.807, 2.05) is 35.8 Å². The molecule has 0 unspecified atom stereocenters. The lowest BCUT2D eigenvalue weighted by atomic mass is 10.0. The van der Waals surface area contributed by atoms with Crippen LogP contribution in [0.5, 0.6) is 5.75 Å². The van der Waals surface area contributed by atoms with Crippen LogP contribution < -0.4 is 4.18 Å². The lowest BCUT2D eigenvalue weighted by Crippen LogP contribution is -1.86. The number of rotatable bonds is 8. The average Bonchev–Trinajstić information content (AvgIpc) is 2.46. The first kappa shape index (κ1) is 16.4. The van der Waals surface area contributed by atoms with Gasteiger partial charge in [0.15, 0.2) is 0 Å². The van der Waals surface area contributed by atoms with Crippen molar-refractivity contribution in [3.05, 3.63) is 78.3 Å². The summed E-state index contributed by atoms with van der Waals surface area (Å²) in [7, 11) is 0. The third-order valence-corrected chi connectivity index (χ3v) is 3.20. The Kier molecular flexibility index (Phi) is 8.32. The summed E-state index contributed by atoms with van der Waals surface area (Å²) in [5, 5.41) is 1.96. The molecule has 0 spiro atoms. The van der Waals surface area contributed by atoms with Crippen molar-refractivity contribution in [1.29, 1.82) is 0 Å². The Bertz CT molecular complexity index is 467. The summed E-state index contributed by atoms with van der Waals surface area (Å²) in [5.74, 6) is 1.44. The summed E-state index contributed by atoms with van der Waals surface area (Å²) in [6.07, 6.45) is 12.7. The van der Waals surface area contributed by atoms with Crippen LogP contribution in [0.15, 0.2) is 72.7 Å². The molecule has 106 valence electrons. The quantitative estimate of drug-likeness (QED) is 0.425. The van der Waals surface area contributed by atoms with Crippen molar-refractivity contribution in [2.75, 3.05) is 0 Å². The van der Waals surface area contributed by atoms with Crippen molar-refractivity contribution >= 4 is 12.0 Å². The maximum absolute atomic E-state index is 5.56. The SMILES string of the molecule is C=C/C=C\C=C/C/C=C/SOc1ccc(C(C)C)cc1. The van der Waals surface area contributed by atoms with Gasteiger partial charge in [-0.2, -0.15) is 0 Å². The van der Waals surface area contributed by atoms with E-state index in [1.165, 1.54) is 17.6 Å². The molecular weight excluding hydrogens is 264 g/mol. The van der Waals surface area contributed by atoms with Gasteiger partial charge < -0.3 is 4.18 Å². The number of hydrogen-bond acceptors (Lipinski definition) is 2. The first-order valence-electron chi connectivity index (χ1n) is 6.76. The molecule has 0 fully saturated rings. The molecule has 2 heteroatoms. The van der Waals surface area contributed by atoms with Gasteiger partial charge in [0.25, 0.3) is 0 Å². The Balaban J connectivity index is 2.25. The van der Waals surface area contributed by atoms with Gasteiger partial charge in [-0.05, 0) is 30.0 Å². The molecule has 1 aromatic rings. The van der Waals surface area contributed by atoms with Crippen LogP contribution >= 0.6 is 12.0 Å². The Morgan fingerprint density at radius 2 is 1.85 bits per heavy atom. The average molecular weight is 286 g/mol. The van der Waals surface area contributed by atoms with Crippen molar-refractivity contribution in [3.8, 4) is 5.75 Å². The molecule has 1 nitrogen and oxygen atoms in total. The van der Waals surface area contributed by atoms with E-state index >= 15 is 0 Å². The highest BCUT2D eigenvalue weighted by Gasteiger charge is 1.98. The van der Waals surface area contributed by atoms with Gasteiger partial charge in [-0.25, -0.2) is 0 Å². The van der Waals surface area contributed by atoms with Gasteiger partial charge in [0.05, 0.1) is 12.0 Å². The summed E-state index contributed by atoms with van der Waals surface area (Å²) < 4.78 is 5.56. The third kappa shape index (κ3) is 7.05. The van der Waals surface area contributed by atoms with Crippen LogP contribution in [-0.4, -0.2) is 0 Å². The van der Waals surface area contributed by atoms with E-state index in [2.05, 4.69) is 44.7 Å². The van der Waals surface area contributed by atoms with Crippen molar-refractivity contribution < 1.29 is 4.18 Å². The molecule has 0 aliphatic rings. The Labute approximate surface area is 126 Å². The van der Waals surface area contributed by atoms with Gasteiger partial charge in [0.1, 0.15) is 5.75 Å². The maximum atomic E-state index is 5.56. The van der Waals surface area contributed by atoms with Crippen LogP contribution in [-0.2, 0) is 0 Å². The fourth-order valence-electron chi connectivity index (χ4n) is 1.46. The minimum Gasteiger partial charge on any atom is -0.421 e. The highest BCUT2D eigenvalue weighted by Crippen LogP contribution is 2.21. The van der Waals surface area contributed by atoms with Crippen molar-refractivity contribution in [2.45, 2.75) is 26.2 Å². The van der Waals surface area contributed by atoms with Gasteiger partial charge in [0.2, 0.25) is 0 Å². The molecule has 0 radical (unpaired) electrons. The molecule has 0 N–H and O–H groups in total. The van der Waals surface area contributed by atoms with E-state index < -0.39 is 0 Å². The molecule has 1 aromatic carbocycles. The van der Waals surface area contributed by atoms with Crippen LogP contribution in [0.3, 0.4) is 0 Å². The van der Waals surface area contributed by atoms with Crippen molar-refractivity contribution in [2.24, 2.45) is 0 Å². The van der Waals surface area contributed by atoms with Crippen LogP contribution in [0.1, 0.15) is 31.7 Å². The standard InChI is InChI=1S/C18H22OS/c1-4-5-6-7-8-9-10-15-20-19-18-13-11-17(12-14-18)16(2)3/h4-8,10-16H,1,9H2,2-3H3/b6-5-,8-7-,15-10+. The topological polar surface area (TPSA) is 9.23 Å². The Hall–Kier alpha value is -1.67. The van der Waals surface area contributed by atoms with E-state index in [0.29, 0.717) is 5.92 Å². The van der Waals surface area contributed by atoms with E-state index in [-0.39, 0.29) is 0 Å². The normalized spacial score (nSPS) is 11.9. The van der Waals surface area contributed by atoms with E-state index in [4.69, 9.17) is 4.18 Å². The van der Waals surface area contributed by atoms with Crippen molar-refractivity contribution in [3.63, 3.8) is 0 Å². The Morgan fingerprint density at radius 3 is 2.50 bits per heavy atom. The minimum atomic E-state index is 0.554. The molecule has 0 heterocycles. The van der Waals surface area contributed by atoms with Gasteiger partial charge in [-0.15, -0.1) is 0 Å². The molecule has 0 atom stereocenters. The fraction of sp³-hybridized carbons (Fsp3) is 0.222. The largest absolute Gasteiger partial charge is 0.421 e. The summed E-state index contributed by atoms with van der Waals surface area (Å²) >= 11 is 1.34. The van der Waals surface area contributed by atoms with Crippen LogP contribution in [0.4, 0.5) is 0 Å². The lowest BCUT2D eigenvalue weighted by molar-refractivity contribution is 0.651. The lowest BCUT2D eigenvalue weighted by Gasteiger charge is -2.06. The second-order valence-corrected chi connectivity index (χ2v) is 5.19. The summed E-state index contributed by atoms with van der Waals surface area (Å²) in [4.78, 5) is 0. The molecule has 0 bridgehead atoms. The highest BCUT2D eigenvalue weighted by atomic mass is 32.2. The number of allylic oxidation sites excluding steroid dienone is 6. The predicted molar refractivity (Wildman–Crippen MR) is 91.0 cm³/mol. The molecule has 0 saturated carbocycles. The number of hydrogen-bond donors (Lipinski definition) is 0. The number of benzene rings is 1. The van der Waals surface area contributed by atoms with Crippen LogP contribution in [0, 0.1) is 0 Å². The minimum absolute atomic E-state index is 0.554. The second-order valence-electron chi connectivity index (χ2n) is 4.56. The van der Waals surface area contributed by atoms with E-state index in [1.54, 1.807) is 6.08 Å². The molecule has 0 aromatic heterocycles. The molecule has 1 rings (SSSR count). The molecule has 0 aliphatic heterocycles. The van der Waals surface area contributed by atoms with Crippen LogP contribution in [0.25, 0.3) is 0 Å². The highest BCUT2D eigenvalue weighted by molar-refractivity contribution is 7.97. The fourth-order valence-corrected chi connectivity index (χ4v) is 1.93. The van der Waals surface area contributed by atoms with Gasteiger partial charge in [0, 0.05) is 5.41 Å². The second kappa shape index (κ2) is 10.2. The zero-order valence-electron chi connectivity index (χ0n) is 12.2. The van der Waals surface area contributed by atoms with Gasteiger partial charge >= 0.3 is 0 Å². The molecular formula is C18H22OS. The third-order valence-electron chi connectivity index (χ3n) is 2.61. The first-order valence-corrected chi connectivity index (χ1v) is 7.57. The van der Waals surface area contributed by atoms with Crippen LogP contribution in [0.2, 0.25) is 0 Å². The first-order chi connectivity index (χ1) is 9.74. The predicted octanol–water partition coefficient (Wildman–Crippen LogP) is 6.04. The Morgan fingerprint density at radius 1 is 1.10 bits per heavy atom. The van der Waals surface area contributed by atoms with Crippen molar-refractivity contribution in [1.82, 2.24) is 0 Å². The van der Waals surface area contributed by atoms with Gasteiger partial charge in [-0.3, -0.25) is 0 Å². The molecule has 20 heavy (non-hydrogen) atoms. The molecule has 0 aliphatic carbocycles. The molecule has 0 amide bonds. The van der Waals surface area contributed by atoms with E-state index in [0.717, 1.165) is 12.2 Å².